The second-order valence-electron chi connectivity index (χ2n) is 7.94. The minimum absolute atomic E-state index is 0.0288. The Morgan fingerprint density at radius 3 is 2.41 bits per heavy atom. The number of carbonyl (C=O) groups is 1. The predicted molar refractivity (Wildman–Crippen MR) is 119 cm³/mol. The number of hydrogen-bond acceptors (Lipinski definition) is 4. The lowest BCUT2D eigenvalue weighted by atomic mass is 10.1. The molecule has 0 bridgehead atoms. The summed E-state index contributed by atoms with van der Waals surface area (Å²) in [6.45, 7) is 4.53. The lowest BCUT2D eigenvalue weighted by Crippen LogP contribution is -2.35. The fourth-order valence-corrected chi connectivity index (χ4v) is 4.48. The number of pyridine rings is 1. The molecule has 0 radical (unpaired) electrons. The van der Waals surface area contributed by atoms with Gasteiger partial charge >= 0.3 is 0 Å². The molecule has 0 unspecified atom stereocenters. The van der Waals surface area contributed by atoms with Crippen molar-refractivity contribution in [1.82, 2.24) is 9.88 Å². The number of carbonyl (C=O) groups excluding carboxylic acids is 1. The van der Waals surface area contributed by atoms with Gasteiger partial charge < -0.3 is 15.1 Å². The Balaban J connectivity index is 1.43. The first-order valence-corrected chi connectivity index (χ1v) is 11.1. The molecule has 1 aromatic heterocycles. The van der Waals surface area contributed by atoms with Crippen LogP contribution >= 0.6 is 11.6 Å². The van der Waals surface area contributed by atoms with Crippen molar-refractivity contribution in [3.63, 3.8) is 0 Å². The minimum Gasteiger partial charge on any atom is -0.371 e. The van der Waals surface area contributed by atoms with E-state index in [0.29, 0.717) is 22.9 Å². The van der Waals surface area contributed by atoms with Gasteiger partial charge in [0.05, 0.1) is 10.6 Å². The van der Waals surface area contributed by atoms with E-state index in [1.54, 1.807) is 12.3 Å². The van der Waals surface area contributed by atoms with Gasteiger partial charge in [-0.05, 0) is 56.2 Å². The Kier molecular flexibility index (Phi) is 6.55. The zero-order valence-electron chi connectivity index (χ0n) is 16.9. The third-order valence-corrected chi connectivity index (χ3v) is 6.15. The first kappa shape index (κ1) is 20.0. The Bertz CT molecular complexity index is 845. The van der Waals surface area contributed by atoms with E-state index < -0.39 is 0 Å². The lowest BCUT2D eigenvalue weighted by molar-refractivity contribution is 0.0724. The third-order valence-electron chi connectivity index (χ3n) is 5.87. The number of nitrogens with one attached hydrogen (secondary N) is 1. The summed E-state index contributed by atoms with van der Waals surface area (Å²) >= 11 is 6.46. The van der Waals surface area contributed by atoms with Crippen molar-refractivity contribution in [2.75, 3.05) is 36.4 Å². The SMILES string of the molecule is O=C(c1cnc(NCc2ccccc2N2CCCCC2)c(Cl)c1)N1CCCCC1. The van der Waals surface area contributed by atoms with Crippen molar-refractivity contribution >= 4 is 29.0 Å². The van der Waals surface area contributed by atoms with Crippen LogP contribution in [0.4, 0.5) is 11.5 Å². The molecule has 6 heteroatoms. The lowest BCUT2D eigenvalue weighted by Gasteiger charge is -2.30. The van der Waals surface area contributed by atoms with Crippen LogP contribution in [0.3, 0.4) is 0 Å². The molecular weight excluding hydrogens is 384 g/mol. The maximum absolute atomic E-state index is 12.7. The van der Waals surface area contributed by atoms with Crippen LogP contribution in [0.15, 0.2) is 36.5 Å². The first-order chi connectivity index (χ1) is 14.2. The Hall–Kier alpha value is -2.27. The average molecular weight is 413 g/mol. The third kappa shape index (κ3) is 4.84. The summed E-state index contributed by atoms with van der Waals surface area (Å²) in [6, 6.07) is 10.3. The molecule has 2 aliphatic heterocycles. The summed E-state index contributed by atoms with van der Waals surface area (Å²) in [5.74, 6) is 0.649. The molecular formula is C23H29ClN4O. The molecule has 0 aliphatic carbocycles. The number of likely N-dealkylation sites (tertiary alicyclic amines) is 1. The van der Waals surface area contributed by atoms with E-state index in [0.717, 1.165) is 39.0 Å². The Morgan fingerprint density at radius 2 is 1.69 bits per heavy atom. The van der Waals surface area contributed by atoms with Gasteiger partial charge in [-0.25, -0.2) is 4.98 Å². The van der Waals surface area contributed by atoms with Gasteiger partial charge in [0.25, 0.3) is 5.91 Å². The van der Waals surface area contributed by atoms with Gasteiger partial charge in [-0.2, -0.15) is 0 Å². The summed E-state index contributed by atoms with van der Waals surface area (Å²) in [5, 5.41) is 3.85. The number of rotatable bonds is 5. The number of aromatic nitrogens is 1. The summed E-state index contributed by atoms with van der Waals surface area (Å²) in [7, 11) is 0. The van der Waals surface area contributed by atoms with Crippen LogP contribution in [0.25, 0.3) is 0 Å². The molecule has 1 amide bonds. The van der Waals surface area contributed by atoms with Gasteiger partial charge in [-0.15, -0.1) is 0 Å². The number of para-hydroxylation sites is 1. The number of piperidine rings is 2. The summed E-state index contributed by atoms with van der Waals surface area (Å²) < 4.78 is 0. The largest absolute Gasteiger partial charge is 0.371 e. The summed E-state index contributed by atoms with van der Waals surface area (Å²) in [6.07, 6.45) is 8.81. The molecule has 0 saturated carbocycles. The monoisotopic (exact) mass is 412 g/mol. The molecule has 2 fully saturated rings. The van der Waals surface area contributed by atoms with E-state index in [1.807, 2.05) is 4.90 Å². The van der Waals surface area contributed by atoms with Gasteiger partial charge in [0.2, 0.25) is 0 Å². The second-order valence-corrected chi connectivity index (χ2v) is 8.34. The van der Waals surface area contributed by atoms with Gasteiger partial charge in [0.1, 0.15) is 5.82 Å². The van der Waals surface area contributed by atoms with Crippen molar-refractivity contribution < 1.29 is 4.79 Å². The number of anilines is 2. The maximum atomic E-state index is 12.7. The highest BCUT2D eigenvalue weighted by atomic mass is 35.5. The van der Waals surface area contributed by atoms with Crippen LogP contribution in [-0.4, -0.2) is 42.0 Å². The van der Waals surface area contributed by atoms with Crippen molar-refractivity contribution in [1.29, 1.82) is 0 Å². The van der Waals surface area contributed by atoms with Gasteiger partial charge in [-0.3, -0.25) is 4.79 Å². The molecule has 2 saturated heterocycles. The topological polar surface area (TPSA) is 48.5 Å². The highest BCUT2D eigenvalue weighted by Crippen LogP contribution is 2.27. The van der Waals surface area contributed by atoms with Crippen LogP contribution in [0.2, 0.25) is 5.02 Å². The number of benzene rings is 1. The van der Waals surface area contributed by atoms with Crippen LogP contribution < -0.4 is 10.2 Å². The fourth-order valence-electron chi connectivity index (χ4n) is 4.25. The Labute approximate surface area is 178 Å². The van der Waals surface area contributed by atoms with E-state index in [4.69, 9.17) is 11.6 Å². The van der Waals surface area contributed by atoms with Crippen molar-refractivity contribution in [3.05, 3.63) is 52.7 Å². The van der Waals surface area contributed by atoms with Crippen molar-refractivity contribution in [3.8, 4) is 0 Å². The summed E-state index contributed by atoms with van der Waals surface area (Å²) in [5.41, 5.74) is 3.09. The molecule has 2 aromatic rings. The van der Waals surface area contributed by atoms with Crippen LogP contribution in [0.5, 0.6) is 0 Å². The maximum Gasteiger partial charge on any atom is 0.255 e. The van der Waals surface area contributed by atoms with Crippen LogP contribution in [0.1, 0.15) is 54.4 Å². The molecule has 4 rings (SSSR count). The number of hydrogen-bond donors (Lipinski definition) is 1. The van der Waals surface area contributed by atoms with Crippen molar-refractivity contribution in [2.45, 2.75) is 45.1 Å². The zero-order chi connectivity index (χ0) is 20.1. The molecule has 0 atom stereocenters. The van der Waals surface area contributed by atoms with E-state index in [2.05, 4.69) is 39.5 Å². The van der Waals surface area contributed by atoms with E-state index in [-0.39, 0.29) is 5.91 Å². The molecule has 0 spiro atoms. The highest BCUT2D eigenvalue weighted by molar-refractivity contribution is 6.33. The second kappa shape index (κ2) is 9.49. The predicted octanol–water partition coefficient (Wildman–Crippen LogP) is 4.96. The Morgan fingerprint density at radius 1 is 1.00 bits per heavy atom. The molecule has 1 N–H and O–H groups in total. The molecule has 29 heavy (non-hydrogen) atoms. The number of halogens is 1. The summed E-state index contributed by atoms with van der Waals surface area (Å²) in [4.78, 5) is 21.5. The van der Waals surface area contributed by atoms with Crippen molar-refractivity contribution in [2.24, 2.45) is 0 Å². The van der Waals surface area contributed by atoms with Crippen LogP contribution in [-0.2, 0) is 6.54 Å². The van der Waals surface area contributed by atoms with E-state index >= 15 is 0 Å². The highest BCUT2D eigenvalue weighted by Gasteiger charge is 2.20. The zero-order valence-corrected chi connectivity index (χ0v) is 17.6. The molecule has 2 aliphatic rings. The van der Waals surface area contributed by atoms with Gasteiger partial charge in [0, 0.05) is 44.6 Å². The smallest absolute Gasteiger partial charge is 0.255 e. The van der Waals surface area contributed by atoms with E-state index in [9.17, 15) is 4.79 Å². The average Bonchev–Trinajstić information content (AvgIpc) is 2.79. The standard InChI is InChI=1S/C23H29ClN4O/c24-20-15-19(23(29)28-13-7-2-8-14-28)17-26-22(20)25-16-18-9-3-4-10-21(18)27-11-5-1-6-12-27/h3-4,9-10,15,17H,1-2,5-8,11-14,16H2,(H,25,26). The molecule has 1 aromatic carbocycles. The van der Waals surface area contributed by atoms with E-state index in [1.165, 1.54) is 36.9 Å². The van der Waals surface area contributed by atoms with Crippen LogP contribution in [0, 0.1) is 0 Å². The number of nitrogens with zero attached hydrogens (tertiary/aromatic N) is 3. The molecule has 3 heterocycles. The minimum atomic E-state index is 0.0288. The first-order valence-electron chi connectivity index (χ1n) is 10.7. The fraction of sp³-hybridized carbons (Fsp3) is 0.478. The molecule has 5 nitrogen and oxygen atoms in total. The van der Waals surface area contributed by atoms with Gasteiger partial charge in [-0.1, -0.05) is 29.8 Å². The quantitative estimate of drug-likeness (QED) is 0.753. The molecule has 154 valence electrons. The number of amides is 1. The van der Waals surface area contributed by atoms with Gasteiger partial charge in [0.15, 0.2) is 0 Å². The normalized spacial score (nSPS) is 17.3.